The predicted molar refractivity (Wildman–Crippen MR) is 72.3 cm³/mol. The van der Waals surface area contributed by atoms with Crippen molar-refractivity contribution < 1.29 is 0 Å². The van der Waals surface area contributed by atoms with Gasteiger partial charge in [-0.15, -0.1) is 0 Å². The van der Waals surface area contributed by atoms with Gasteiger partial charge in [0, 0.05) is 29.5 Å². The third kappa shape index (κ3) is 2.74. The zero-order valence-electron chi connectivity index (χ0n) is 10.1. The fourth-order valence-corrected chi connectivity index (χ4v) is 2.49. The molecule has 0 aliphatic heterocycles. The van der Waals surface area contributed by atoms with Gasteiger partial charge in [0.1, 0.15) is 0 Å². The fraction of sp³-hybridized carbons (Fsp3) is 0.357. The Morgan fingerprint density at radius 2 is 2.33 bits per heavy atom. The molecule has 1 aromatic heterocycles. The van der Waals surface area contributed by atoms with E-state index in [1.54, 1.807) is 6.33 Å². The van der Waals surface area contributed by atoms with Crippen molar-refractivity contribution in [2.45, 2.75) is 25.4 Å². The molecule has 4 heteroatoms. The highest BCUT2D eigenvalue weighted by Crippen LogP contribution is 2.41. The monoisotopic (exact) mass is 261 g/mol. The summed E-state index contributed by atoms with van der Waals surface area (Å²) in [5.74, 6) is 0.742. The Morgan fingerprint density at radius 3 is 3.00 bits per heavy atom. The Labute approximate surface area is 112 Å². The molecule has 1 atom stereocenters. The number of aromatic amines is 1. The van der Waals surface area contributed by atoms with Gasteiger partial charge in [0.05, 0.1) is 6.33 Å². The summed E-state index contributed by atoms with van der Waals surface area (Å²) >= 11 is 6.07. The van der Waals surface area contributed by atoms with E-state index in [2.05, 4.69) is 27.4 Å². The first kappa shape index (κ1) is 11.8. The van der Waals surface area contributed by atoms with Crippen molar-refractivity contribution in [1.29, 1.82) is 0 Å². The van der Waals surface area contributed by atoms with Crippen molar-refractivity contribution in [3.63, 3.8) is 0 Å². The summed E-state index contributed by atoms with van der Waals surface area (Å²) in [6.07, 6.45) is 6.16. The van der Waals surface area contributed by atoms with E-state index in [-0.39, 0.29) is 0 Å². The molecule has 3 nitrogen and oxygen atoms in total. The van der Waals surface area contributed by atoms with Crippen LogP contribution in [0.2, 0.25) is 5.02 Å². The Balaban J connectivity index is 1.72. The Kier molecular flexibility index (Phi) is 3.35. The number of rotatable bonds is 5. The van der Waals surface area contributed by atoms with E-state index in [0.717, 1.165) is 23.2 Å². The Hall–Kier alpha value is -1.32. The normalized spacial score (nSPS) is 16.7. The molecule has 2 aromatic rings. The van der Waals surface area contributed by atoms with Gasteiger partial charge in [-0.2, -0.15) is 0 Å². The van der Waals surface area contributed by atoms with Crippen molar-refractivity contribution in [2.75, 3.05) is 0 Å². The second kappa shape index (κ2) is 5.12. The number of halogens is 1. The number of hydrogen-bond donors (Lipinski definition) is 2. The molecule has 0 amide bonds. The van der Waals surface area contributed by atoms with Crippen molar-refractivity contribution in [3.05, 3.63) is 53.1 Å². The highest BCUT2D eigenvalue weighted by molar-refractivity contribution is 6.30. The van der Waals surface area contributed by atoms with Crippen molar-refractivity contribution in [2.24, 2.45) is 5.92 Å². The van der Waals surface area contributed by atoms with Crippen LogP contribution in [0.4, 0.5) is 0 Å². The van der Waals surface area contributed by atoms with Crippen molar-refractivity contribution in [3.8, 4) is 0 Å². The summed E-state index contributed by atoms with van der Waals surface area (Å²) < 4.78 is 0. The molecule has 0 spiro atoms. The van der Waals surface area contributed by atoms with E-state index in [1.807, 2.05) is 18.3 Å². The van der Waals surface area contributed by atoms with Crippen molar-refractivity contribution in [1.82, 2.24) is 15.3 Å². The van der Waals surface area contributed by atoms with Gasteiger partial charge in [-0.1, -0.05) is 23.7 Å². The van der Waals surface area contributed by atoms with E-state index >= 15 is 0 Å². The standard InChI is InChI=1S/C14H16ClN3/c15-12-3-1-2-11(6-12)14(10-4-5-10)17-8-13-7-16-9-18-13/h1-3,6-7,9-10,14,17H,4-5,8H2,(H,16,18). The third-order valence-electron chi connectivity index (χ3n) is 3.37. The van der Waals surface area contributed by atoms with Gasteiger partial charge in [-0.3, -0.25) is 0 Å². The Morgan fingerprint density at radius 1 is 1.44 bits per heavy atom. The quantitative estimate of drug-likeness (QED) is 0.867. The molecule has 1 heterocycles. The second-order valence-electron chi connectivity index (χ2n) is 4.83. The molecule has 18 heavy (non-hydrogen) atoms. The molecule has 94 valence electrons. The summed E-state index contributed by atoms with van der Waals surface area (Å²) in [4.78, 5) is 7.15. The van der Waals surface area contributed by atoms with Gasteiger partial charge in [-0.25, -0.2) is 4.98 Å². The molecule has 1 aromatic carbocycles. The molecule has 0 bridgehead atoms. The van der Waals surface area contributed by atoms with Gasteiger partial charge < -0.3 is 10.3 Å². The highest BCUT2D eigenvalue weighted by Gasteiger charge is 2.32. The van der Waals surface area contributed by atoms with E-state index in [4.69, 9.17) is 11.6 Å². The first-order valence-corrected chi connectivity index (χ1v) is 6.67. The first-order chi connectivity index (χ1) is 8.83. The number of benzene rings is 1. The number of imidazole rings is 1. The van der Waals surface area contributed by atoms with Crippen LogP contribution in [0.1, 0.15) is 30.1 Å². The SMILES string of the molecule is Clc1cccc(C(NCc2cnc[nH]2)C2CC2)c1. The molecular formula is C14H16ClN3. The number of nitrogens with zero attached hydrogens (tertiary/aromatic N) is 1. The van der Waals surface area contributed by atoms with Gasteiger partial charge in [0.15, 0.2) is 0 Å². The lowest BCUT2D eigenvalue weighted by molar-refractivity contribution is 0.477. The molecule has 1 unspecified atom stereocenters. The summed E-state index contributed by atoms with van der Waals surface area (Å²) in [6.45, 7) is 0.813. The predicted octanol–water partition coefficient (Wildman–Crippen LogP) is 3.30. The van der Waals surface area contributed by atoms with Crippen LogP contribution in [0.3, 0.4) is 0 Å². The maximum absolute atomic E-state index is 6.07. The van der Waals surface area contributed by atoms with E-state index in [9.17, 15) is 0 Å². The summed E-state index contributed by atoms with van der Waals surface area (Å²) in [6, 6.07) is 8.54. The van der Waals surface area contributed by atoms with Crippen LogP contribution in [0.15, 0.2) is 36.8 Å². The molecule has 1 aliphatic carbocycles. The molecule has 2 N–H and O–H groups in total. The zero-order chi connectivity index (χ0) is 12.4. The molecule has 0 radical (unpaired) electrons. The number of hydrogen-bond acceptors (Lipinski definition) is 2. The van der Waals surface area contributed by atoms with Gasteiger partial charge in [-0.05, 0) is 36.5 Å². The average molecular weight is 262 g/mol. The lowest BCUT2D eigenvalue weighted by Gasteiger charge is -2.18. The summed E-state index contributed by atoms with van der Waals surface area (Å²) in [5.41, 5.74) is 2.40. The fourth-order valence-electron chi connectivity index (χ4n) is 2.29. The van der Waals surface area contributed by atoms with Gasteiger partial charge in [0.2, 0.25) is 0 Å². The van der Waals surface area contributed by atoms with E-state index in [0.29, 0.717) is 6.04 Å². The maximum atomic E-state index is 6.07. The Bertz CT molecular complexity index is 506. The minimum Gasteiger partial charge on any atom is -0.347 e. The van der Waals surface area contributed by atoms with Gasteiger partial charge >= 0.3 is 0 Å². The molecular weight excluding hydrogens is 246 g/mol. The zero-order valence-corrected chi connectivity index (χ0v) is 10.8. The molecule has 1 saturated carbocycles. The smallest absolute Gasteiger partial charge is 0.0922 e. The van der Waals surface area contributed by atoms with E-state index < -0.39 is 0 Å². The third-order valence-corrected chi connectivity index (χ3v) is 3.60. The minimum atomic E-state index is 0.395. The minimum absolute atomic E-state index is 0.395. The molecule has 3 rings (SSSR count). The second-order valence-corrected chi connectivity index (χ2v) is 5.26. The number of H-pyrrole nitrogens is 1. The van der Waals surface area contributed by atoms with Crippen LogP contribution in [0.25, 0.3) is 0 Å². The van der Waals surface area contributed by atoms with Crippen LogP contribution in [-0.2, 0) is 6.54 Å². The topological polar surface area (TPSA) is 40.7 Å². The molecule has 1 fully saturated rings. The van der Waals surface area contributed by atoms with Crippen LogP contribution in [-0.4, -0.2) is 9.97 Å². The van der Waals surface area contributed by atoms with Gasteiger partial charge in [0.25, 0.3) is 0 Å². The van der Waals surface area contributed by atoms with Crippen LogP contribution < -0.4 is 5.32 Å². The lowest BCUT2D eigenvalue weighted by atomic mass is 10.0. The van der Waals surface area contributed by atoms with E-state index in [1.165, 1.54) is 18.4 Å². The molecule has 1 aliphatic rings. The highest BCUT2D eigenvalue weighted by atomic mass is 35.5. The molecule has 0 saturated heterocycles. The number of aromatic nitrogens is 2. The number of nitrogens with one attached hydrogen (secondary N) is 2. The van der Waals surface area contributed by atoms with Crippen LogP contribution in [0.5, 0.6) is 0 Å². The first-order valence-electron chi connectivity index (χ1n) is 6.29. The summed E-state index contributed by atoms with van der Waals surface area (Å²) in [5, 5.41) is 4.40. The maximum Gasteiger partial charge on any atom is 0.0922 e. The average Bonchev–Trinajstić information content (AvgIpc) is 3.06. The van der Waals surface area contributed by atoms with Crippen molar-refractivity contribution >= 4 is 11.6 Å². The van der Waals surface area contributed by atoms with Crippen LogP contribution >= 0.6 is 11.6 Å². The largest absolute Gasteiger partial charge is 0.347 e. The summed E-state index contributed by atoms with van der Waals surface area (Å²) in [7, 11) is 0. The van der Waals surface area contributed by atoms with Crippen LogP contribution in [0, 0.1) is 5.92 Å². The lowest BCUT2D eigenvalue weighted by Crippen LogP contribution is -2.22.